The van der Waals surface area contributed by atoms with Crippen molar-refractivity contribution in [2.24, 2.45) is 5.92 Å². The van der Waals surface area contributed by atoms with Crippen LogP contribution in [0.1, 0.15) is 39.9 Å². The Kier molecular flexibility index (Phi) is 4.83. The molecule has 0 bridgehead atoms. The van der Waals surface area contributed by atoms with Crippen molar-refractivity contribution in [3.63, 3.8) is 0 Å². The van der Waals surface area contributed by atoms with Gasteiger partial charge in [0.15, 0.2) is 0 Å². The van der Waals surface area contributed by atoms with Crippen molar-refractivity contribution in [3.8, 4) is 0 Å². The maximum atomic E-state index is 12.2. The van der Waals surface area contributed by atoms with E-state index >= 15 is 0 Å². The Labute approximate surface area is 130 Å². The average Bonchev–Trinajstić information content (AvgIpc) is 2.86. The van der Waals surface area contributed by atoms with Crippen LogP contribution >= 0.6 is 0 Å². The normalized spacial score (nSPS) is 19.4. The third kappa shape index (κ3) is 4.05. The number of piperidine rings is 1. The number of Topliss-reactive ketones (excluding diaryl/α,β-unsaturated/α-hetero) is 1. The minimum absolute atomic E-state index is 0.172. The Balaban J connectivity index is 2.02. The number of ether oxygens (including phenoxy) is 1. The Morgan fingerprint density at radius 3 is 2.82 bits per heavy atom. The Morgan fingerprint density at radius 1 is 1.45 bits per heavy atom. The summed E-state index contributed by atoms with van der Waals surface area (Å²) in [6, 6.07) is 0. The lowest BCUT2D eigenvalue weighted by atomic mass is 9.93. The number of carbonyl (C=O) groups is 2. The van der Waals surface area contributed by atoms with Crippen LogP contribution in [0.5, 0.6) is 0 Å². The van der Waals surface area contributed by atoms with Crippen LogP contribution in [0.4, 0.5) is 4.79 Å². The zero-order valence-corrected chi connectivity index (χ0v) is 13.7. The molecule has 1 aliphatic heterocycles. The van der Waals surface area contributed by atoms with Gasteiger partial charge in [0.2, 0.25) is 0 Å². The molecule has 1 atom stereocenters. The van der Waals surface area contributed by atoms with E-state index in [0.717, 1.165) is 5.82 Å². The van der Waals surface area contributed by atoms with Crippen molar-refractivity contribution < 1.29 is 14.3 Å². The van der Waals surface area contributed by atoms with Crippen molar-refractivity contribution in [1.29, 1.82) is 0 Å². The van der Waals surface area contributed by atoms with Gasteiger partial charge in [0.1, 0.15) is 23.5 Å². The first-order chi connectivity index (χ1) is 10.3. The Hall–Kier alpha value is -1.92. The van der Waals surface area contributed by atoms with E-state index in [4.69, 9.17) is 4.74 Å². The van der Waals surface area contributed by atoms with Gasteiger partial charge in [0, 0.05) is 38.4 Å². The van der Waals surface area contributed by atoms with Crippen LogP contribution in [-0.4, -0.2) is 50.2 Å². The van der Waals surface area contributed by atoms with E-state index in [1.165, 1.54) is 6.33 Å². The summed E-state index contributed by atoms with van der Waals surface area (Å²) in [5, 5.41) is 4.12. The van der Waals surface area contributed by atoms with E-state index in [1.807, 2.05) is 27.7 Å². The number of aryl methyl sites for hydroxylation is 1. The Bertz CT molecular complexity index is 547. The third-order valence-corrected chi connectivity index (χ3v) is 3.60. The molecule has 1 aromatic heterocycles. The highest BCUT2D eigenvalue weighted by molar-refractivity contribution is 5.84. The van der Waals surface area contributed by atoms with Crippen LogP contribution in [0.3, 0.4) is 0 Å². The monoisotopic (exact) mass is 308 g/mol. The summed E-state index contributed by atoms with van der Waals surface area (Å²) in [4.78, 5) is 30.1. The number of hydrogen-bond donors (Lipinski definition) is 0. The molecule has 1 amide bonds. The second-order valence-corrected chi connectivity index (χ2v) is 6.54. The van der Waals surface area contributed by atoms with Crippen molar-refractivity contribution in [2.75, 3.05) is 13.1 Å². The molecule has 122 valence electrons. The molecule has 0 N–H and O–H groups in total. The quantitative estimate of drug-likeness (QED) is 0.849. The number of hydrogen-bond acceptors (Lipinski definition) is 5. The largest absolute Gasteiger partial charge is 0.444 e. The number of aromatic nitrogens is 3. The lowest BCUT2D eigenvalue weighted by Crippen LogP contribution is -2.46. The topological polar surface area (TPSA) is 77.3 Å². The van der Waals surface area contributed by atoms with Gasteiger partial charge in [-0.15, -0.1) is 0 Å². The molecule has 1 aromatic rings. The van der Waals surface area contributed by atoms with E-state index < -0.39 is 5.60 Å². The zero-order valence-electron chi connectivity index (χ0n) is 13.7. The van der Waals surface area contributed by atoms with Crippen LogP contribution < -0.4 is 0 Å². The van der Waals surface area contributed by atoms with Gasteiger partial charge in [0.05, 0.1) is 0 Å². The summed E-state index contributed by atoms with van der Waals surface area (Å²) in [6.45, 7) is 9.00. The molecule has 2 heterocycles. The number of carbonyl (C=O) groups excluding carboxylic acids is 2. The summed E-state index contributed by atoms with van der Waals surface area (Å²) in [7, 11) is 0. The van der Waals surface area contributed by atoms with E-state index in [2.05, 4.69) is 10.1 Å². The van der Waals surface area contributed by atoms with Crippen LogP contribution in [0.25, 0.3) is 0 Å². The van der Waals surface area contributed by atoms with Crippen molar-refractivity contribution >= 4 is 11.9 Å². The third-order valence-electron chi connectivity index (χ3n) is 3.60. The van der Waals surface area contributed by atoms with E-state index in [-0.39, 0.29) is 17.8 Å². The predicted octanol–water partition coefficient (Wildman–Crippen LogP) is 1.67. The van der Waals surface area contributed by atoms with Gasteiger partial charge in [-0.1, -0.05) is 0 Å². The molecule has 22 heavy (non-hydrogen) atoms. The van der Waals surface area contributed by atoms with Crippen LogP contribution in [0, 0.1) is 5.92 Å². The molecule has 1 unspecified atom stereocenters. The Morgan fingerprint density at radius 2 is 2.18 bits per heavy atom. The first kappa shape index (κ1) is 16.5. The van der Waals surface area contributed by atoms with Crippen LogP contribution in [0.2, 0.25) is 0 Å². The standard InChI is InChI=1S/C15H24N4O3/c1-5-19-13(16-10-17-19)8-11-9-18(7-6-12(11)20)14(21)22-15(2,3)4/h10-11H,5-9H2,1-4H3. The van der Waals surface area contributed by atoms with E-state index in [9.17, 15) is 9.59 Å². The van der Waals surface area contributed by atoms with E-state index in [1.54, 1.807) is 9.58 Å². The van der Waals surface area contributed by atoms with Gasteiger partial charge in [-0.3, -0.25) is 9.48 Å². The maximum Gasteiger partial charge on any atom is 0.410 e. The van der Waals surface area contributed by atoms with Crippen LogP contribution in [0.15, 0.2) is 6.33 Å². The second-order valence-electron chi connectivity index (χ2n) is 6.54. The van der Waals surface area contributed by atoms with Gasteiger partial charge >= 0.3 is 6.09 Å². The van der Waals surface area contributed by atoms with Gasteiger partial charge in [-0.05, 0) is 27.7 Å². The number of rotatable bonds is 3. The SMILES string of the molecule is CCn1ncnc1CC1CN(C(=O)OC(C)(C)C)CCC1=O. The fourth-order valence-corrected chi connectivity index (χ4v) is 2.51. The average molecular weight is 308 g/mol. The molecule has 1 aliphatic rings. The summed E-state index contributed by atoms with van der Waals surface area (Å²) in [6.07, 6.45) is 2.01. The summed E-state index contributed by atoms with van der Waals surface area (Å²) in [5.41, 5.74) is -0.531. The van der Waals surface area contributed by atoms with Crippen LogP contribution in [-0.2, 0) is 22.5 Å². The minimum atomic E-state index is -0.531. The number of amides is 1. The molecule has 0 aliphatic carbocycles. The molecule has 1 fully saturated rings. The second kappa shape index (κ2) is 6.46. The zero-order chi connectivity index (χ0) is 16.3. The molecule has 0 radical (unpaired) electrons. The van der Waals surface area contributed by atoms with Crippen molar-refractivity contribution in [1.82, 2.24) is 19.7 Å². The van der Waals surface area contributed by atoms with Crippen molar-refractivity contribution in [3.05, 3.63) is 12.2 Å². The first-order valence-corrected chi connectivity index (χ1v) is 7.67. The maximum absolute atomic E-state index is 12.2. The van der Waals surface area contributed by atoms with Gasteiger partial charge in [-0.2, -0.15) is 5.10 Å². The number of ketones is 1. The van der Waals surface area contributed by atoms with E-state index in [0.29, 0.717) is 32.5 Å². The summed E-state index contributed by atoms with van der Waals surface area (Å²) in [5.74, 6) is 0.716. The highest BCUT2D eigenvalue weighted by Gasteiger charge is 2.33. The number of nitrogens with zero attached hydrogens (tertiary/aromatic N) is 4. The molecule has 7 heteroatoms. The lowest BCUT2D eigenvalue weighted by molar-refractivity contribution is -0.126. The highest BCUT2D eigenvalue weighted by Crippen LogP contribution is 2.19. The van der Waals surface area contributed by atoms with Gasteiger partial charge in [-0.25, -0.2) is 9.78 Å². The molecular weight excluding hydrogens is 284 g/mol. The molecule has 0 saturated carbocycles. The molecule has 0 spiro atoms. The molecule has 0 aromatic carbocycles. The first-order valence-electron chi connectivity index (χ1n) is 7.67. The molecule has 2 rings (SSSR count). The fourth-order valence-electron chi connectivity index (χ4n) is 2.51. The number of likely N-dealkylation sites (tertiary alicyclic amines) is 1. The molecule has 7 nitrogen and oxygen atoms in total. The van der Waals surface area contributed by atoms with Crippen molar-refractivity contribution in [2.45, 2.75) is 52.7 Å². The molecule has 1 saturated heterocycles. The summed E-state index contributed by atoms with van der Waals surface area (Å²) < 4.78 is 7.16. The predicted molar refractivity (Wildman–Crippen MR) is 80.3 cm³/mol. The van der Waals surface area contributed by atoms with Gasteiger partial charge < -0.3 is 9.64 Å². The summed E-state index contributed by atoms with van der Waals surface area (Å²) >= 11 is 0. The smallest absolute Gasteiger partial charge is 0.410 e. The fraction of sp³-hybridized carbons (Fsp3) is 0.733. The van der Waals surface area contributed by atoms with Gasteiger partial charge in [0.25, 0.3) is 0 Å². The highest BCUT2D eigenvalue weighted by atomic mass is 16.6. The molecular formula is C15H24N4O3. The lowest BCUT2D eigenvalue weighted by Gasteiger charge is -2.33. The minimum Gasteiger partial charge on any atom is -0.444 e.